The Balaban J connectivity index is 1.95. The fourth-order valence-electron chi connectivity index (χ4n) is 3.45. The molecule has 1 nitrogen and oxygen atoms in total. The minimum atomic E-state index is -4.25. The summed E-state index contributed by atoms with van der Waals surface area (Å²) >= 11 is 0. The third kappa shape index (κ3) is 2.58. The first-order valence-corrected chi connectivity index (χ1v) is 7.74. The van der Waals surface area contributed by atoms with Crippen molar-refractivity contribution in [3.63, 3.8) is 0 Å². The molecule has 1 aromatic heterocycles. The molecule has 0 saturated heterocycles. The van der Waals surface area contributed by atoms with Crippen LogP contribution in [0.1, 0.15) is 16.7 Å². The molecule has 4 rings (SSSR count). The van der Waals surface area contributed by atoms with Crippen molar-refractivity contribution in [2.24, 2.45) is 0 Å². The summed E-state index contributed by atoms with van der Waals surface area (Å²) in [6, 6.07) is 16.7. The highest BCUT2D eigenvalue weighted by Gasteiger charge is 2.32. The summed E-state index contributed by atoms with van der Waals surface area (Å²) in [4.78, 5) is 4.31. The molecule has 1 heterocycles. The van der Waals surface area contributed by atoms with Crippen LogP contribution in [0.15, 0.2) is 60.8 Å². The molecule has 3 aromatic rings. The Kier molecular flexibility index (Phi) is 3.41. The van der Waals surface area contributed by atoms with Crippen molar-refractivity contribution in [1.29, 1.82) is 0 Å². The van der Waals surface area contributed by atoms with Crippen molar-refractivity contribution in [3.05, 3.63) is 77.5 Å². The van der Waals surface area contributed by atoms with E-state index in [0.717, 1.165) is 22.3 Å². The Hall–Kier alpha value is -2.62. The van der Waals surface area contributed by atoms with Crippen LogP contribution in [0.25, 0.3) is 22.4 Å². The molecule has 0 saturated carbocycles. The second kappa shape index (κ2) is 5.48. The predicted molar refractivity (Wildman–Crippen MR) is 87.7 cm³/mol. The average Bonchev–Trinajstić information content (AvgIpc) is 2.92. The number of hydrogen-bond acceptors (Lipinski definition) is 1. The first-order valence-electron chi connectivity index (χ1n) is 7.74. The zero-order valence-electron chi connectivity index (χ0n) is 12.8. The van der Waals surface area contributed by atoms with E-state index >= 15 is 0 Å². The molecule has 0 spiro atoms. The van der Waals surface area contributed by atoms with Crippen LogP contribution in [0.4, 0.5) is 13.2 Å². The Morgan fingerprint density at radius 3 is 2.42 bits per heavy atom. The highest BCUT2D eigenvalue weighted by Crippen LogP contribution is 2.43. The lowest BCUT2D eigenvalue weighted by Gasteiger charge is -2.16. The van der Waals surface area contributed by atoms with Gasteiger partial charge in [-0.3, -0.25) is 4.98 Å². The number of pyridine rings is 1. The van der Waals surface area contributed by atoms with Gasteiger partial charge in [-0.05, 0) is 46.4 Å². The van der Waals surface area contributed by atoms with E-state index in [1.165, 1.54) is 0 Å². The number of rotatable bonds is 2. The van der Waals surface area contributed by atoms with Gasteiger partial charge in [0.2, 0.25) is 0 Å². The maximum atomic E-state index is 13.0. The second-order valence-corrected chi connectivity index (χ2v) is 5.97. The number of benzene rings is 2. The van der Waals surface area contributed by atoms with Gasteiger partial charge in [0, 0.05) is 11.8 Å². The molecule has 24 heavy (non-hydrogen) atoms. The van der Waals surface area contributed by atoms with Gasteiger partial charge in [-0.15, -0.1) is 0 Å². The molecule has 0 amide bonds. The lowest BCUT2D eigenvalue weighted by molar-refractivity contribution is -0.127. The number of fused-ring (bicyclic) bond motifs is 3. The average molecular weight is 325 g/mol. The molecule has 0 atom stereocenters. The molecule has 0 bridgehead atoms. The van der Waals surface area contributed by atoms with Gasteiger partial charge >= 0.3 is 6.18 Å². The summed E-state index contributed by atoms with van der Waals surface area (Å²) in [6.45, 7) is 0. The van der Waals surface area contributed by atoms with Gasteiger partial charge in [-0.25, -0.2) is 0 Å². The fourth-order valence-corrected chi connectivity index (χ4v) is 3.45. The largest absolute Gasteiger partial charge is 0.393 e. The van der Waals surface area contributed by atoms with E-state index in [2.05, 4.69) is 4.98 Å². The highest BCUT2D eigenvalue weighted by atomic mass is 19.4. The summed E-state index contributed by atoms with van der Waals surface area (Å²) in [5.74, 6) is 0. The van der Waals surface area contributed by atoms with Crippen molar-refractivity contribution in [3.8, 4) is 22.4 Å². The highest BCUT2D eigenvalue weighted by molar-refractivity contribution is 5.85. The zero-order valence-corrected chi connectivity index (χ0v) is 12.8. The molecular formula is C20H14F3N. The van der Waals surface area contributed by atoms with Gasteiger partial charge in [0.25, 0.3) is 0 Å². The van der Waals surface area contributed by atoms with Crippen molar-refractivity contribution < 1.29 is 13.2 Å². The molecule has 0 radical (unpaired) electrons. The molecule has 2 aromatic carbocycles. The van der Waals surface area contributed by atoms with Crippen LogP contribution in [0.3, 0.4) is 0 Å². The quantitative estimate of drug-likeness (QED) is 0.479. The van der Waals surface area contributed by atoms with E-state index in [1.54, 1.807) is 30.5 Å². The molecule has 0 aliphatic heterocycles. The molecule has 1 aliphatic rings. The van der Waals surface area contributed by atoms with Crippen molar-refractivity contribution >= 4 is 0 Å². The van der Waals surface area contributed by atoms with Crippen LogP contribution in [0, 0.1) is 0 Å². The molecule has 1 aliphatic carbocycles. The molecule has 0 unspecified atom stereocenters. The second-order valence-electron chi connectivity index (χ2n) is 5.97. The van der Waals surface area contributed by atoms with E-state index in [-0.39, 0.29) is 5.56 Å². The first kappa shape index (κ1) is 14.9. The van der Waals surface area contributed by atoms with Crippen molar-refractivity contribution in [1.82, 2.24) is 4.98 Å². The number of nitrogens with zero attached hydrogens (tertiary/aromatic N) is 1. The number of alkyl halides is 3. The third-order valence-corrected chi connectivity index (χ3v) is 4.39. The standard InChI is InChI=1S/C20H14F3N/c21-20(22,23)12-14-8-9-16-15-6-2-1-5-13(15)11-17(16)19(14)18-7-3-4-10-24-18/h1-10H,11-12H2. The summed E-state index contributed by atoms with van der Waals surface area (Å²) in [7, 11) is 0. The van der Waals surface area contributed by atoms with E-state index in [0.29, 0.717) is 17.7 Å². The first-order chi connectivity index (χ1) is 11.5. The Morgan fingerprint density at radius 2 is 1.67 bits per heavy atom. The van der Waals surface area contributed by atoms with E-state index in [9.17, 15) is 13.2 Å². The maximum Gasteiger partial charge on any atom is 0.393 e. The summed E-state index contributed by atoms with van der Waals surface area (Å²) < 4.78 is 39.1. The molecular weight excluding hydrogens is 311 g/mol. The topological polar surface area (TPSA) is 12.9 Å². The SMILES string of the molecule is FC(F)(F)Cc1ccc2c(c1-c1ccccn1)Cc1ccccc1-2. The minimum Gasteiger partial charge on any atom is -0.256 e. The van der Waals surface area contributed by atoms with E-state index in [4.69, 9.17) is 0 Å². The monoisotopic (exact) mass is 325 g/mol. The lowest BCUT2D eigenvalue weighted by atomic mass is 9.92. The van der Waals surface area contributed by atoms with Crippen molar-refractivity contribution in [2.45, 2.75) is 19.0 Å². The zero-order chi connectivity index (χ0) is 16.7. The van der Waals surface area contributed by atoms with Crippen molar-refractivity contribution in [2.75, 3.05) is 0 Å². The fraction of sp³-hybridized carbons (Fsp3) is 0.150. The third-order valence-electron chi connectivity index (χ3n) is 4.39. The van der Waals surface area contributed by atoms with Gasteiger partial charge in [-0.2, -0.15) is 13.2 Å². The maximum absolute atomic E-state index is 13.0. The minimum absolute atomic E-state index is 0.285. The summed E-state index contributed by atoms with van der Waals surface area (Å²) in [5, 5.41) is 0. The van der Waals surface area contributed by atoms with Gasteiger partial charge in [0.15, 0.2) is 0 Å². The summed E-state index contributed by atoms with van der Waals surface area (Å²) in [6.07, 6.45) is -2.93. The number of aromatic nitrogens is 1. The van der Waals surface area contributed by atoms with Crippen LogP contribution >= 0.6 is 0 Å². The van der Waals surface area contributed by atoms with Crippen LogP contribution < -0.4 is 0 Å². The van der Waals surface area contributed by atoms with Crippen LogP contribution in [-0.4, -0.2) is 11.2 Å². The molecule has 0 N–H and O–H groups in total. The smallest absolute Gasteiger partial charge is 0.256 e. The van der Waals surface area contributed by atoms with Gasteiger partial charge < -0.3 is 0 Å². The number of halogens is 3. The Morgan fingerprint density at radius 1 is 0.875 bits per heavy atom. The predicted octanol–water partition coefficient (Wildman–Crippen LogP) is 5.42. The van der Waals surface area contributed by atoms with Gasteiger partial charge in [0.05, 0.1) is 12.1 Å². The Bertz CT molecular complexity index is 899. The number of hydrogen-bond donors (Lipinski definition) is 0. The lowest BCUT2D eigenvalue weighted by Crippen LogP contribution is -2.13. The van der Waals surface area contributed by atoms with Crippen LogP contribution in [0.5, 0.6) is 0 Å². The summed E-state index contributed by atoms with van der Waals surface area (Å²) in [5.41, 5.74) is 5.71. The van der Waals surface area contributed by atoms with Crippen LogP contribution in [-0.2, 0) is 12.8 Å². The normalized spacial score (nSPS) is 12.8. The Labute approximate surface area is 137 Å². The van der Waals surface area contributed by atoms with E-state index in [1.807, 2.05) is 30.3 Å². The van der Waals surface area contributed by atoms with Gasteiger partial charge in [0.1, 0.15) is 0 Å². The molecule has 120 valence electrons. The van der Waals surface area contributed by atoms with E-state index < -0.39 is 12.6 Å². The molecule has 4 heteroatoms. The molecule has 0 fully saturated rings. The van der Waals surface area contributed by atoms with Crippen LogP contribution in [0.2, 0.25) is 0 Å². The van der Waals surface area contributed by atoms with Gasteiger partial charge in [-0.1, -0.05) is 42.5 Å².